The number of rotatable bonds is 11. The molecule has 3 heterocycles. The Bertz CT molecular complexity index is 3290. The topological polar surface area (TPSA) is 268 Å². The van der Waals surface area contributed by atoms with E-state index in [0.29, 0.717) is 68.8 Å². The fraction of sp³-hybridized carbons (Fsp3) is 0.776. The zero-order valence-electron chi connectivity index (χ0n) is 54.2. The van der Waals surface area contributed by atoms with Crippen molar-refractivity contribution in [2.75, 3.05) is 13.2 Å². The summed E-state index contributed by atoms with van der Waals surface area (Å²) in [6.45, 7) is 5.60. The van der Waals surface area contributed by atoms with E-state index in [1.54, 1.807) is 13.8 Å². The average Bonchev–Trinajstić information content (AvgIpc) is 1.60. The quantitative estimate of drug-likeness (QED) is 0.0889. The Hall–Kier alpha value is -3.29. The molecular weight excluding hydrogens is 1150 g/mol. The van der Waals surface area contributed by atoms with Crippen LogP contribution >= 0.6 is 0 Å². The number of hydrogen-bond acceptors (Lipinski definition) is 15. The lowest BCUT2D eigenvalue weighted by molar-refractivity contribution is -0.309. The van der Waals surface area contributed by atoms with Gasteiger partial charge in [-0.15, -0.1) is 0 Å². The van der Waals surface area contributed by atoms with E-state index in [1.807, 2.05) is 12.2 Å². The Morgan fingerprint density at radius 1 is 0.868 bits per heavy atom. The Balaban J connectivity index is 0.957. The first-order valence-electron chi connectivity index (χ1n) is 36.7. The van der Waals surface area contributed by atoms with Crippen molar-refractivity contribution < 1.29 is 60.2 Å². The van der Waals surface area contributed by atoms with Gasteiger partial charge >= 0.3 is 0 Å². The van der Waals surface area contributed by atoms with Gasteiger partial charge in [-0.25, -0.2) is 0 Å². The van der Waals surface area contributed by atoms with Gasteiger partial charge < -0.3 is 71.8 Å². The number of aliphatic hydroxyl groups excluding tert-OH is 5. The van der Waals surface area contributed by atoms with Gasteiger partial charge in [0.05, 0.1) is 88.3 Å². The normalized spacial score (nSPS) is 53.7. The molecule has 496 valence electrons. The van der Waals surface area contributed by atoms with E-state index in [-0.39, 0.29) is 105 Å². The molecule has 15 heteroatoms. The summed E-state index contributed by atoms with van der Waals surface area (Å²) in [5, 5.41) is 129. The average molecular weight is 1250 g/mol. The van der Waals surface area contributed by atoms with Gasteiger partial charge in [0, 0.05) is 64.3 Å². The number of fused-ring (bicyclic) bond motifs is 6. The SMILES string of the molecule is CCC[C@@H]1CC[C@H]2[C@H]3[C@@H](O[C@@H]2CC1)[C@@](O)([C@](C)(O)[C@H]1CC[C@@]2(O)C4=C(NC[C@H](C)O)C(=O)[C@@]56/C=C/[C@@H]7C8=C9C(=CC8)[C@H]8CCC[C@H]8O[C@@H]9C[C@@H]8CC[C@@H](C[C@@H]87)[C@@]12C[C@]1(O)C=C[C@@]2(C7=C(CCCO)NC(N)C=C7)C=C[C@@]41[C@@]51C[C@H](O)[C@H](O)[C@@H]6CC[C@@H]21)CCC[C@@H]3O. The minimum Gasteiger partial charge on any atom is -0.396 e. The van der Waals surface area contributed by atoms with Crippen LogP contribution in [0.2, 0.25) is 0 Å². The first kappa shape index (κ1) is 61.3. The van der Waals surface area contributed by atoms with Crippen LogP contribution in [0.5, 0.6) is 0 Å². The lowest BCUT2D eigenvalue weighted by Gasteiger charge is -2.80. The predicted octanol–water partition coefficient (Wildman–Crippen LogP) is 7.60. The first-order chi connectivity index (χ1) is 43.6. The molecule has 3 aliphatic heterocycles. The second kappa shape index (κ2) is 20.9. The number of carbonyl (C=O) groups is 1. The summed E-state index contributed by atoms with van der Waals surface area (Å²) in [7, 11) is 0. The smallest absolute Gasteiger partial charge is 0.189 e. The Kier molecular flexibility index (Phi) is 14.1. The molecule has 2 saturated heterocycles. The molecule has 0 aromatic heterocycles. The largest absolute Gasteiger partial charge is 0.396 e. The van der Waals surface area contributed by atoms with Crippen LogP contribution < -0.4 is 16.4 Å². The molecular formula is C76H105N3O12. The summed E-state index contributed by atoms with van der Waals surface area (Å²) in [5.41, 5.74) is -2.14. The molecule has 16 aliphatic carbocycles. The van der Waals surface area contributed by atoms with Crippen molar-refractivity contribution in [3.63, 3.8) is 0 Å². The van der Waals surface area contributed by atoms with Gasteiger partial charge in [0.1, 0.15) is 5.60 Å². The Morgan fingerprint density at radius 2 is 1.69 bits per heavy atom. The maximum absolute atomic E-state index is 18.1. The molecule has 13 N–H and O–H groups in total. The first-order valence-corrected chi connectivity index (χ1v) is 36.7. The molecule has 0 radical (unpaired) electrons. The molecule has 10 fully saturated rings. The zero-order chi connectivity index (χ0) is 63.0. The number of ketones is 1. The van der Waals surface area contributed by atoms with Gasteiger partial charge in [0.15, 0.2) is 5.78 Å². The Morgan fingerprint density at radius 3 is 2.51 bits per heavy atom. The van der Waals surface area contributed by atoms with E-state index in [9.17, 15) is 35.7 Å². The van der Waals surface area contributed by atoms with E-state index in [4.69, 9.17) is 15.2 Å². The number of nitrogens with one attached hydrogen (secondary N) is 2. The second-order valence-electron chi connectivity index (χ2n) is 33.6. The highest BCUT2D eigenvalue weighted by atomic mass is 16.5. The summed E-state index contributed by atoms with van der Waals surface area (Å²) in [6.07, 6.45) is 29.7. The number of carbonyl (C=O) groups excluding carboxylic acids is 1. The van der Waals surface area contributed by atoms with Crippen LogP contribution in [0.25, 0.3) is 0 Å². The third kappa shape index (κ3) is 7.52. The minimum absolute atomic E-state index is 0.00637. The number of nitrogens with two attached hydrogens (primary N) is 1. The highest BCUT2D eigenvalue weighted by Crippen LogP contribution is 2.88. The molecule has 1 unspecified atom stereocenters. The number of ether oxygens (including phenoxy) is 2. The number of allylic oxidation sites excluding steroid dienone is 10. The van der Waals surface area contributed by atoms with Crippen molar-refractivity contribution in [1.29, 1.82) is 0 Å². The molecule has 0 amide bonds. The van der Waals surface area contributed by atoms with Gasteiger partial charge in [-0.05, 0) is 213 Å². The maximum atomic E-state index is 18.1. The molecule has 29 atom stereocenters. The Labute approximate surface area is 537 Å². The van der Waals surface area contributed by atoms with Crippen molar-refractivity contribution in [2.24, 2.45) is 97.9 Å². The highest BCUT2D eigenvalue weighted by Gasteiger charge is 2.91. The van der Waals surface area contributed by atoms with Crippen molar-refractivity contribution >= 4 is 5.78 Å². The van der Waals surface area contributed by atoms with Crippen LogP contribution in [0.1, 0.15) is 181 Å². The van der Waals surface area contributed by atoms with Gasteiger partial charge in [-0.3, -0.25) is 4.79 Å². The van der Waals surface area contributed by atoms with Gasteiger partial charge in [-0.2, -0.15) is 0 Å². The number of aliphatic hydroxyl groups is 9. The molecule has 0 aromatic rings. The predicted molar refractivity (Wildman–Crippen MR) is 341 cm³/mol. The molecule has 19 aliphatic rings. The molecule has 8 saturated carbocycles. The third-order valence-electron chi connectivity index (χ3n) is 30.5. The fourth-order valence-corrected chi connectivity index (χ4v) is 27.4. The van der Waals surface area contributed by atoms with Crippen LogP contribution in [0.4, 0.5) is 0 Å². The standard InChI is InChI=1S/C76H105N3O12/c1-4-8-41-13-17-48-56(22-14-41)91-67-62(48)53(82)11-6-27-76(67,89)68(3,86)58-26-29-75(88)65-63(78-38-40(2)81)66(85)71-28-25-44-46-18-19-47-45-9-5-12-55(45)90-57(61(46)47)35-42-15-16-43(36-49(42)44)72(58,75)39-70(87)32-30-69(50-21-24-60(77)79-52(50)10-7-34-80)31-33-73(65,70)74(71)37-54(83)64(84)51(71)20-23-59(69)74/h19,21,24-25,28,30-33,40-45,48-49,51,53-60,62,64,67,78-84,86-89H,4-18,20,22-23,26-27,29,34-39,77H2,1-3H3/b28-25+/t40-,41+,42-,43-,44+,45+,48+,49-,51-,53-,54-,55+,56+,57+,58+,59-,60?,62+,64+,67+,68+,69-,70+,71-,72-,73+,74+,75+,76+/m0/s1. The lowest BCUT2D eigenvalue weighted by atomic mass is 9.23. The van der Waals surface area contributed by atoms with Crippen LogP contribution in [-0.2, 0) is 14.3 Å². The van der Waals surface area contributed by atoms with Crippen molar-refractivity contribution in [3.8, 4) is 0 Å². The van der Waals surface area contributed by atoms with Gasteiger partial charge in [0.2, 0.25) is 0 Å². The maximum Gasteiger partial charge on any atom is 0.189 e. The number of dihydropyridines is 1. The lowest BCUT2D eigenvalue weighted by Crippen LogP contribution is -2.84. The van der Waals surface area contributed by atoms with Crippen molar-refractivity contribution in [3.05, 3.63) is 93.9 Å². The summed E-state index contributed by atoms with van der Waals surface area (Å²) in [4.78, 5) is 18.1. The molecule has 0 aromatic carbocycles. The molecule has 4 spiro atoms. The van der Waals surface area contributed by atoms with Crippen molar-refractivity contribution in [2.45, 2.75) is 259 Å². The molecule has 19 rings (SSSR count). The van der Waals surface area contributed by atoms with Crippen LogP contribution in [0.15, 0.2) is 93.9 Å². The highest BCUT2D eigenvalue weighted by molar-refractivity contribution is 6.05. The summed E-state index contributed by atoms with van der Waals surface area (Å²) in [6, 6.07) is 0. The van der Waals surface area contributed by atoms with E-state index < -0.39 is 110 Å². The molecule has 10 bridgehead atoms. The number of hydrogen-bond donors (Lipinski definition) is 12. The molecule has 91 heavy (non-hydrogen) atoms. The molecule has 15 nitrogen and oxygen atoms in total. The van der Waals surface area contributed by atoms with Gasteiger partial charge in [0.25, 0.3) is 0 Å². The zero-order valence-corrected chi connectivity index (χ0v) is 54.2. The van der Waals surface area contributed by atoms with E-state index in [1.165, 1.54) is 16.7 Å². The summed E-state index contributed by atoms with van der Waals surface area (Å²) < 4.78 is 14.8. The summed E-state index contributed by atoms with van der Waals surface area (Å²) >= 11 is 0. The van der Waals surface area contributed by atoms with Crippen molar-refractivity contribution in [1.82, 2.24) is 10.6 Å². The minimum atomic E-state index is -2.02. The van der Waals surface area contributed by atoms with Crippen LogP contribution in [0.3, 0.4) is 0 Å². The van der Waals surface area contributed by atoms with Crippen LogP contribution in [-0.4, -0.2) is 142 Å². The van der Waals surface area contributed by atoms with Gasteiger partial charge in [-0.1, -0.05) is 86.8 Å². The fourth-order valence-electron chi connectivity index (χ4n) is 27.4. The van der Waals surface area contributed by atoms with E-state index >= 15 is 15.0 Å². The number of Topliss-reactive ketones (excluding diaryl/α,β-unsaturated/α-hetero) is 1. The van der Waals surface area contributed by atoms with E-state index in [2.05, 4.69) is 60.1 Å². The third-order valence-corrected chi connectivity index (χ3v) is 30.5. The van der Waals surface area contributed by atoms with E-state index in [0.717, 1.165) is 88.3 Å². The second-order valence-corrected chi connectivity index (χ2v) is 33.6. The monoisotopic (exact) mass is 1250 g/mol. The van der Waals surface area contributed by atoms with Crippen LogP contribution in [0, 0.1) is 92.2 Å². The summed E-state index contributed by atoms with van der Waals surface area (Å²) in [5.74, 6) is -2.58.